The predicted octanol–water partition coefficient (Wildman–Crippen LogP) is 3.46. The first kappa shape index (κ1) is 19.9. The number of likely N-dealkylation sites (tertiary alicyclic amines) is 1. The Morgan fingerprint density at radius 3 is 2.57 bits per heavy atom. The van der Waals surface area contributed by atoms with Crippen LogP contribution in [0.3, 0.4) is 0 Å². The number of aromatic nitrogens is 1. The average molecular weight is 386 g/mol. The summed E-state index contributed by atoms with van der Waals surface area (Å²) in [5, 5.41) is 0.829. The normalized spacial score (nSPS) is 16.0. The van der Waals surface area contributed by atoms with Crippen molar-refractivity contribution in [3.63, 3.8) is 0 Å². The van der Waals surface area contributed by atoms with Crippen molar-refractivity contribution in [3.05, 3.63) is 35.5 Å². The number of hydrogen-bond donors (Lipinski definition) is 1. The van der Waals surface area contributed by atoms with Crippen molar-refractivity contribution < 1.29 is 23.9 Å². The number of para-hydroxylation sites is 1. The van der Waals surface area contributed by atoms with Gasteiger partial charge in [0.05, 0.1) is 12.5 Å². The molecule has 3 rings (SSSR count). The third-order valence-electron chi connectivity index (χ3n) is 5.16. The van der Waals surface area contributed by atoms with Gasteiger partial charge in [-0.1, -0.05) is 18.2 Å². The number of ketones is 1. The molecule has 0 unspecified atom stereocenters. The second-order valence-corrected chi connectivity index (χ2v) is 7.07. The van der Waals surface area contributed by atoms with Crippen LogP contribution < -0.4 is 0 Å². The molecule has 0 aliphatic carbocycles. The summed E-state index contributed by atoms with van der Waals surface area (Å²) < 4.78 is 10.5. The molecule has 0 saturated carbocycles. The van der Waals surface area contributed by atoms with Crippen molar-refractivity contribution in [1.82, 2.24) is 9.88 Å². The van der Waals surface area contributed by atoms with E-state index in [1.54, 1.807) is 18.7 Å². The zero-order chi connectivity index (χ0) is 20.3. The number of benzene rings is 1. The van der Waals surface area contributed by atoms with E-state index in [4.69, 9.17) is 9.47 Å². The third kappa shape index (κ3) is 4.03. The molecule has 1 aliphatic heterocycles. The van der Waals surface area contributed by atoms with E-state index in [1.807, 2.05) is 31.2 Å². The smallest absolute Gasteiger partial charge is 0.409 e. The molecule has 1 atom stereocenters. The van der Waals surface area contributed by atoms with Gasteiger partial charge >= 0.3 is 12.1 Å². The maximum Gasteiger partial charge on any atom is 0.409 e. The molecule has 0 bridgehead atoms. The minimum atomic E-state index is -0.867. The first-order valence-electron chi connectivity index (χ1n) is 9.66. The molecule has 150 valence electrons. The van der Waals surface area contributed by atoms with E-state index in [-0.39, 0.29) is 23.8 Å². The zero-order valence-electron chi connectivity index (χ0n) is 16.5. The van der Waals surface area contributed by atoms with Gasteiger partial charge in [-0.3, -0.25) is 9.59 Å². The van der Waals surface area contributed by atoms with Crippen LogP contribution in [0.1, 0.15) is 42.7 Å². The number of Topliss-reactive ketones (excluding diaryl/α,β-unsaturated/α-hetero) is 1. The van der Waals surface area contributed by atoms with Crippen LogP contribution in [0.5, 0.6) is 0 Å². The van der Waals surface area contributed by atoms with E-state index in [1.165, 1.54) is 0 Å². The molecular weight excluding hydrogens is 360 g/mol. The minimum absolute atomic E-state index is 0.216. The first-order valence-corrected chi connectivity index (χ1v) is 9.66. The van der Waals surface area contributed by atoms with Crippen LogP contribution in [0, 0.1) is 12.8 Å². The molecule has 28 heavy (non-hydrogen) atoms. The van der Waals surface area contributed by atoms with Gasteiger partial charge in [0.25, 0.3) is 0 Å². The highest BCUT2D eigenvalue weighted by atomic mass is 16.6. The molecule has 1 N–H and O–H groups in total. The molecule has 1 saturated heterocycles. The van der Waals surface area contributed by atoms with Gasteiger partial charge in [0.15, 0.2) is 6.10 Å². The largest absolute Gasteiger partial charge is 0.454 e. The minimum Gasteiger partial charge on any atom is -0.454 e. The number of piperidine rings is 1. The lowest BCUT2D eigenvalue weighted by Crippen LogP contribution is -2.41. The van der Waals surface area contributed by atoms with Gasteiger partial charge in [-0.2, -0.15) is 0 Å². The van der Waals surface area contributed by atoms with E-state index in [2.05, 4.69) is 4.98 Å². The van der Waals surface area contributed by atoms with Crippen LogP contribution >= 0.6 is 0 Å². The summed E-state index contributed by atoms with van der Waals surface area (Å²) in [7, 11) is 0. The molecule has 2 heterocycles. The second-order valence-electron chi connectivity index (χ2n) is 7.07. The fourth-order valence-electron chi connectivity index (χ4n) is 3.63. The number of ether oxygens (including phenoxy) is 2. The number of aromatic amines is 1. The number of nitrogens with zero attached hydrogens (tertiary/aromatic N) is 1. The quantitative estimate of drug-likeness (QED) is 0.628. The molecule has 7 heteroatoms. The molecular formula is C21H26N2O5. The van der Waals surface area contributed by atoms with E-state index >= 15 is 0 Å². The summed E-state index contributed by atoms with van der Waals surface area (Å²) >= 11 is 0. The Bertz CT molecular complexity index is 880. The Hall–Kier alpha value is -2.83. The second kappa shape index (κ2) is 8.46. The van der Waals surface area contributed by atoms with Crippen LogP contribution in [-0.4, -0.2) is 53.5 Å². The number of amides is 1. The number of H-pyrrole nitrogens is 1. The van der Waals surface area contributed by atoms with Crippen LogP contribution in [0.4, 0.5) is 4.79 Å². The highest BCUT2D eigenvalue weighted by Crippen LogP contribution is 2.25. The molecule has 1 aromatic carbocycles. The number of aryl methyl sites for hydroxylation is 1. The number of esters is 1. The van der Waals surface area contributed by atoms with Gasteiger partial charge in [-0.15, -0.1) is 0 Å². The zero-order valence-corrected chi connectivity index (χ0v) is 16.5. The van der Waals surface area contributed by atoms with E-state index in [9.17, 15) is 14.4 Å². The topological polar surface area (TPSA) is 88.7 Å². The SMILES string of the molecule is CCOC(=O)N1CCC(C(=O)O[C@@H](C)C(=O)c2c(C)[nH]c3ccccc23)CC1. The highest BCUT2D eigenvalue weighted by molar-refractivity contribution is 6.11. The van der Waals surface area contributed by atoms with E-state index < -0.39 is 6.10 Å². The molecule has 2 aromatic rings. The Labute approximate surface area is 164 Å². The third-order valence-corrected chi connectivity index (χ3v) is 5.16. The lowest BCUT2D eigenvalue weighted by atomic mass is 9.97. The standard InChI is InChI=1S/C21H26N2O5/c1-4-27-21(26)23-11-9-15(10-12-23)20(25)28-14(3)19(24)18-13(2)22-17-8-6-5-7-16(17)18/h5-8,14-15,22H,4,9-12H2,1-3H3/t14-/m0/s1. The average Bonchev–Trinajstić information content (AvgIpc) is 3.03. The highest BCUT2D eigenvalue weighted by Gasteiger charge is 2.31. The van der Waals surface area contributed by atoms with Crippen molar-refractivity contribution in [2.75, 3.05) is 19.7 Å². The summed E-state index contributed by atoms with van der Waals surface area (Å²) in [4.78, 5) is 42.0. The van der Waals surface area contributed by atoms with Gasteiger partial charge in [-0.25, -0.2) is 4.79 Å². The summed E-state index contributed by atoms with van der Waals surface area (Å²) in [6, 6.07) is 7.57. The van der Waals surface area contributed by atoms with Gasteiger partial charge in [0.2, 0.25) is 5.78 Å². The maximum atomic E-state index is 12.9. The molecule has 1 fully saturated rings. The number of nitrogens with one attached hydrogen (secondary N) is 1. The van der Waals surface area contributed by atoms with Gasteiger partial charge in [-0.05, 0) is 39.7 Å². The lowest BCUT2D eigenvalue weighted by molar-refractivity contribution is -0.152. The predicted molar refractivity (Wildman–Crippen MR) is 104 cm³/mol. The maximum absolute atomic E-state index is 12.9. The number of carbonyl (C=O) groups is 3. The molecule has 7 nitrogen and oxygen atoms in total. The van der Waals surface area contributed by atoms with E-state index in [0.717, 1.165) is 16.6 Å². The molecule has 1 amide bonds. The van der Waals surface area contributed by atoms with Crippen molar-refractivity contribution in [2.24, 2.45) is 5.92 Å². The summed E-state index contributed by atoms with van der Waals surface area (Å²) in [5.74, 6) is -0.917. The van der Waals surface area contributed by atoms with E-state index in [0.29, 0.717) is 38.1 Å². The van der Waals surface area contributed by atoms with Crippen molar-refractivity contribution in [3.8, 4) is 0 Å². The number of hydrogen-bond acceptors (Lipinski definition) is 5. The van der Waals surface area contributed by atoms with Crippen LogP contribution in [0.2, 0.25) is 0 Å². The summed E-state index contributed by atoms with van der Waals surface area (Å²) in [6.07, 6.45) is -0.212. The summed E-state index contributed by atoms with van der Waals surface area (Å²) in [6.45, 7) is 6.43. The Kier molecular flexibility index (Phi) is 6.02. The van der Waals surface area contributed by atoms with Gasteiger partial charge < -0.3 is 19.4 Å². The van der Waals surface area contributed by atoms with Crippen LogP contribution in [-0.2, 0) is 14.3 Å². The number of fused-ring (bicyclic) bond motifs is 1. The molecule has 1 aliphatic rings. The molecule has 0 spiro atoms. The van der Waals surface area contributed by atoms with Crippen LogP contribution in [0.25, 0.3) is 10.9 Å². The Balaban J connectivity index is 1.61. The Morgan fingerprint density at radius 2 is 1.89 bits per heavy atom. The van der Waals surface area contributed by atoms with Crippen molar-refractivity contribution in [2.45, 2.75) is 39.7 Å². The number of rotatable bonds is 5. The lowest BCUT2D eigenvalue weighted by Gasteiger charge is -2.30. The fourth-order valence-corrected chi connectivity index (χ4v) is 3.63. The fraction of sp³-hybridized carbons (Fsp3) is 0.476. The molecule has 0 radical (unpaired) electrons. The van der Waals surface area contributed by atoms with Crippen molar-refractivity contribution in [1.29, 1.82) is 0 Å². The van der Waals surface area contributed by atoms with Gasteiger partial charge in [0.1, 0.15) is 0 Å². The number of carbonyl (C=O) groups excluding carboxylic acids is 3. The first-order chi connectivity index (χ1) is 13.4. The van der Waals surface area contributed by atoms with Crippen molar-refractivity contribution >= 4 is 28.7 Å². The Morgan fingerprint density at radius 1 is 1.21 bits per heavy atom. The monoisotopic (exact) mass is 386 g/mol. The summed E-state index contributed by atoms with van der Waals surface area (Å²) in [5.41, 5.74) is 2.21. The van der Waals surface area contributed by atoms with Crippen LogP contribution in [0.15, 0.2) is 24.3 Å². The molecule has 1 aromatic heterocycles. The van der Waals surface area contributed by atoms with Gasteiger partial charge in [0, 0.05) is 35.2 Å².